The van der Waals surface area contributed by atoms with Crippen LogP contribution in [0.25, 0.3) is 5.69 Å². The van der Waals surface area contributed by atoms with Crippen LogP contribution in [0.4, 0.5) is 0 Å². The Labute approximate surface area is 127 Å². The van der Waals surface area contributed by atoms with Crippen LogP contribution in [0.3, 0.4) is 0 Å². The zero-order valence-corrected chi connectivity index (χ0v) is 12.8. The van der Waals surface area contributed by atoms with Gasteiger partial charge < -0.3 is 4.57 Å². The van der Waals surface area contributed by atoms with Gasteiger partial charge >= 0.3 is 0 Å². The molecule has 0 unspecified atom stereocenters. The summed E-state index contributed by atoms with van der Waals surface area (Å²) < 4.78 is 3.21. The first kappa shape index (κ1) is 13.1. The summed E-state index contributed by atoms with van der Waals surface area (Å²) in [6.07, 6.45) is 4.67. The molecule has 0 aliphatic heterocycles. The molecule has 2 nitrogen and oxygen atoms in total. The Morgan fingerprint density at radius 2 is 1.90 bits per heavy atom. The molecule has 0 bridgehead atoms. The summed E-state index contributed by atoms with van der Waals surface area (Å²) in [6.45, 7) is 2.07. The number of aryl methyl sites for hydroxylation is 1. The summed E-state index contributed by atoms with van der Waals surface area (Å²) in [5, 5.41) is 0. The van der Waals surface area contributed by atoms with Crippen molar-refractivity contribution in [3.8, 4) is 5.69 Å². The smallest absolute Gasteiger partial charge is 0.0994 e. The highest BCUT2D eigenvalue weighted by atomic mass is 79.9. The summed E-state index contributed by atoms with van der Waals surface area (Å²) in [4.78, 5) is 4.22. The summed E-state index contributed by atoms with van der Waals surface area (Å²) in [5.74, 6) is 0. The number of halogens is 1. The number of nitrogens with zero attached hydrogens (tertiary/aromatic N) is 2. The maximum atomic E-state index is 4.22. The standard InChI is InChI=1S/C17H15BrN2/c1-13-11-19-12-20(13)17-10-16(18)8-7-15(17)9-14-5-3-2-4-6-14/h2-8,10-12H,9H2,1H3. The number of rotatable bonds is 3. The third-order valence-electron chi connectivity index (χ3n) is 3.37. The van der Waals surface area contributed by atoms with E-state index in [0.29, 0.717) is 0 Å². The number of hydrogen-bond acceptors (Lipinski definition) is 1. The summed E-state index contributed by atoms with van der Waals surface area (Å²) in [5.41, 5.74) is 4.92. The first-order valence-electron chi connectivity index (χ1n) is 6.56. The zero-order chi connectivity index (χ0) is 13.9. The van der Waals surface area contributed by atoms with Gasteiger partial charge in [-0.1, -0.05) is 52.3 Å². The Hall–Kier alpha value is -1.87. The Morgan fingerprint density at radius 3 is 2.60 bits per heavy atom. The third-order valence-corrected chi connectivity index (χ3v) is 3.86. The van der Waals surface area contributed by atoms with E-state index in [1.807, 2.05) is 18.6 Å². The number of hydrogen-bond donors (Lipinski definition) is 0. The molecule has 0 spiro atoms. The van der Waals surface area contributed by atoms with Crippen molar-refractivity contribution in [1.29, 1.82) is 0 Å². The SMILES string of the molecule is Cc1cncn1-c1cc(Br)ccc1Cc1ccccc1. The molecular weight excluding hydrogens is 312 g/mol. The lowest BCUT2D eigenvalue weighted by Gasteiger charge is -2.13. The Balaban J connectivity index is 2.05. The molecular formula is C17H15BrN2. The van der Waals surface area contributed by atoms with Crippen molar-refractivity contribution in [1.82, 2.24) is 9.55 Å². The van der Waals surface area contributed by atoms with E-state index in [4.69, 9.17) is 0 Å². The highest BCUT2D eigenvalue weighted by molar-refractivity contribution is 9.10. The molecule has 0 aliphatic carbocycles. The van der Waals surface area contributed by atoms with Crippen LogP contribution in [0, 0.1) is 6.92 Å². The zero-order valence-electron chi connectivity index (χ0n) is 11.3. The second-order valence-electron chi connectivity index (χ2n) is 4.84. The first-order valence-corrected chi connectivity index (χ1v) is 7.35. The molecule has 0 N–H and O–H groups in total. The number of imidazole rings is 1. The summed E-state index contributed by atoms with van der Waals surface area (Å²) in [7, 11) is 0. The van der Waals surface area contributed by atoms with Gasteiger partial charge in [0.1, 0.15) is 0 Å². The average Bonchev–Trinajstić information content (AvgIpc) is 2.88. The van der Waals surface area contributed by atoms with Gasteiger partial charge in [-0.3, -0.25) is 0 Å². The molecule has 0 fully saturated rings. The fourth-order valence-electron chi connectivity index (χ4n) is 2.34. The van der Waals surface area contributed by atoms with Gasteiger partial charge in [-0.25, -0.2) is 4.98 Å². The molecule has 2 aromatic carbocycles. The van der Waals surface area contributed by atoms with Gasteiger partial charge in [0.05, 0.1) is 12.0 Å². The van der Waals surface area contributed by atoms with Gasteiger partial charge in [0, 0.05) is 16.4 Å². The van der Waals surface area contributed by atoms with Crippen molar-refractivity contribution in [2.45, 2.75) is 13.3 Å². The summed E-state index contributed by atoms with van der Waals surface area (Å²) >= 11 is 3.56. The molecule has 1 heterocycles. The molecule has 0 saturated heterocycles. The van der Waals surface area contributed by atoms with E-state index in [-0.39, 0.29) is 0 Å². The third kappa shape index (κ3) is 2.68. The van der Waals surface area contributed by atoms with Crippen LogP contribution in [-0.2, 0) is 6.42 Å². The molecule has 3 aromatic rings. The fraction of sp³-hybridized carbons (Fsp3) is 0.118. The van der Waals surface area contributed by atoms with Gasteiger partial charge in [-0.15, -0.1) is 0 Å². The van der Waals surface area contributed by atoms with Crippen molar-refractivity contribution >= 4 is 15.9 Å². The largest absolute Gasteiger partial charge is 0.303 e. The Bertz CT molecular complexity index is 717. The topological polar surface area (TPSA) is 17.8 Å². The quantitative estimate of drug-likeness (QED) is 0.691. The van der Waals surface area contributed by atoms with Crippen LogP contribution < -0.4 is 0 Å². The maximum Gasteiger partial charge on any atom is 0.0994 e. The molecule has 0 atom stereocenters. The van der Waals surface area contributed by atoms with Crippen LogP contribution in [0.2, 0.25) is 0 Å². The van der Waals surface area contributed by atoms with E-state index in [1.165, 1.54) is 16.8 Å². The van der Waals surface area contributed by atoms with Crippen molar-refractivity contribution in [2.24, 2.45) is 0 Å². The molecule has 100 valence electrons. The molecule has 0 radical (unpaired) electrons. The predicted molar refractivity (Wildman–Crippen MR) is 85.2 cm³/mol. The van der Waals surface area contributed by atoms with Crippen molar-refractivity contribution in [2.75, 3.05) is 0 Å². The van der Waals surface area contributed by atoms with Crippen molar-refractivity contribution < 1.29 is 0 Å². The molecule has 0 aliphatic rings. The minimum atomic E-state index is 0.918. The number of benzene rings is 2. The van der Waals surface area contributed by atoms with E-state index < -0.39 is 0 Å². The van der Waals surface area contributed by atoms with Crippen LogP contribution in [0.15, 0.2) is 65.5 Å². The normalized spacial score (nSPS) is 10.7. The lowest BCUT2D eigenvalue weighted by Crippen LogP contribution is -2.01. The monoisotopic (exact) mass is 326 g/mol. The van der Waals surface area contributed by atoms with E-state index in [2.05, 4.69) is 74.9 Å². The molecule has 0 saturated carbocycles. The van der Waals surface area contributed by atoms with Crippen LogP contribution in [-0.4, -0.2) is 9.55 Å². The molecule has 3 rings (SSSR count). The van der Waals surface area contributed by atoms with Crippen molar-refractivity contribution in [3.63, 3.8) is 0 Å². The molecule has 1 aromatic heterocycles. The van der Waals surface area contributed by atoms with E-state index in [0.717, 1.165) is 16.6 Å². The highest BCUT2D eigenvalue weighted by Gasteiger charge is 2.08. The highest BCUT2D eigenvalue weighted by Crippen LogP contribution is 2.24. The van der Waals surface area contributed by atoms with E-state index in [1.54, 1.807) is 0 Å². The predicted octanol–water partition coefficient (Wildman–Crippen LogP) is 4.53. The van der Waals surface area contributed by atoms with E-state index in [9.17, 15) is 0 Å². The molecule has 20 heavy (non-hydrogen) atoms. The van der Waals surface area contributed by atoms with Gasteiger partial charge in [-0.05, 0) is 36.6 Å². The van der Waals surface area contributed by atoms with Crippen LogP contribution in [0.1, 0.15) is 16.8 Å². The van der Waals surface area contributed by atoms with Gasteiger partial charge in [-0.2, -0.15) is 0 Å². The lowest BCUT2D eigenvalue weighted by atomic mass is 10.0. The minimum Gasteiger partial charge on any atom is -0.303 e. The van der Waals surface area contributed by atoms with Crippen LogP contribution >= 0.6 is 15.9 Å². The molecule has 3 heteroatoms. The van der Waals surface area contributed by atoms with Crippen LogP contribution in [0.5, 0.6) is 0 Å². The Kier molecular flexibility index (Phi) is 3.70. The Morgan fingerprint density at radius 1 is 1.10 bits per heavy atom. The second-order valence-corrected chi connectivity index (χ2v) is 5.76. The van der Waals surface area contributed by atoms with Crippen molar-refractivity contribution in [3.05, 3.63) is 82.3 Å². The maximum absolute atomic E-state index is 4.22. The average molecular weight is 327 g/mol. The summed E-state index contributed by atoms with van der Waals surface area (Å²) in [6, 6.07) is 16.9. The van der Waals surface area contributed by atoms with Gasteiger partial charge in [0.2, 0.25) is 0 Å². The molecule has 0 amide bonds. The van der Waals surface area contributed by atoms with Gasteiger partial charge in [0.25, 0.3) is 0 Å². The number of aromatic nitrogens is 2. The second kappa shape index (κ2) is 5.63. The van der Waals surface area contributed by atoms with Gasteiger partial charge in [0.15, 0.2) is 0 Å². The fourth-order valence-corrected chi connectivity index (χ4v) is 2.69. The minimum absolute atomic E-state index is 0.918. The first-order chi connectivity index (χ1) is 9.74. The lowest BCUT2D eigenvalue weighted by molar-refractivity contribution is 0.974. The van der Waals surface area contributed by atoms with E-state index >= 15 is 0 Å².